The molecule has 0 atom stereocenters. The number of carbonyl (C=O) groups is 2. The van der Waals surface area contributed by atoms with E-state index in [-0.39, 0.29) is 29.9 Å². The number of amides is 1. The Morgan fingerprint density at radius 1 is 1.03 bits per heavy atom. The van der Waals surface area contributed by atoms with E-state index in [1.807, 2.05) is 0 Å². The number of alkyl halides is 3. The Morgan fingerprint density at radius 3 is 2.22 bits per heavy atom. The lowest BCUT2D eigenvalue weighted by Crippen LogP contribution is -2.26. The highest BCUT2D eigenvalue weighted by atomic mass is 19.4. The summed E-state index contributed by atoms with van der Waals surface area (Å²) < 4.78 is 52.8. The van der Waals surface area contributed by atoms with E-state index >= 15 is 0 Å². The van der Waals surface area contributed by atoms with E-state index < -0.39 is 23.7 Å². The Hall–Kier alpha value is -4.61. The first-order valence-corrected chi connectivity index (χ1v) is 10.5. The third kappa shape index (κ3) is 5.37. The van der Waals surface area contributed by atoms with Crippen LogP contribution >= 0.6 is 0 Å². The summed E-state index contributed by atoms with van der Waals surface area (Å²) in [7, 11) is 1.54. The summed E-state index contributed by atoms with van der Waals surface area (Å²) in [6, 6.07) is 13.9. The Balaban J connectivity index is 1.66. The number of aromatic nitrogens is 3. The van der Waals surface area contributed by atoms with E-state index in [1.165, 1.54) is 0 Å². The topological polar surface area (TPSA) is 115 Å². The molecule has 0 aliphatic rings. The summed E-state index contributed by atoms with van der Waals surface area (Å²) in [6.45, 7) is -0.201. The van der Waals surface area contributed by atoms with E-state index in [0.717, 1.165) is 12.3 Å². The van der Waals surface area contributed by atoms with E-state index in [0.29, 0.717) is 27.3 Å². The van der Waals surface area contributed by atoms with Crippen LogP contribution in [0.15, 0.2) is 60.8 Å². The average Bonchev–Trinajstić information content (AvgIpc) is 3.27. The van der Waals surface area contributed by atoms with Gasteiger partial charge in [0, 0.05) is 12.1 Å². The fourth-order valence-electron chi connectivity index (χ4n) is 3.32. The molecular formula is C24H19F3N4O5. The molecule has 0 radical (unpaired) electrons. The van der Waals surface area contributed by atoms with Crippen molar-refractivity contribution in [3.63, 3.8) is 0 Å². The minimum absolute atomic E-state index is 0.0362. The molecule has 2 heterocycles. The van der Waals surface area contributed by atoms with E-state index in [1.54, 1.807) is 55.6 Å². The maximum Gasteiger partial charge on any atom is 0.433 e. The number of methoxy groups -OCH3 is 1. The number of hydrogen-bond acceptors (Lipinski definition) is 6. The Morgan fingerprint density at radius 2 is 1.64 bits per heavy atom. The van der Waals surface area contributed by atoms with Crippen molar-refractivity contribution in [1.29, 1.82) is 0 Å². The van der Waals surface area contributed by atoms with E-state index in [2.05, 4.69) is 15.4 Å². The van der Waals surface area contributed by atoms with Gasteiger partial charge in [-0.15, -0.1) is 0 Å². The second-order valence-corrected chi connectivity index (χ2v) is 7.52. The molecule has 12 heteroatoms. The van der Waals surface area contributed by atoms with Gasteiger partial charge in [0.15, 0.2) is 11.3 Å². The van der Waals surface area contributed by atoms with Crippen LogP contribution in [0, 0.1) is 0 Å². The van der Waals surface area contributed by atoms with Gasteiger partial charge in [0.1, 0.15) is 22.8 Å². The maximum atomic E-state index is 13.8. The van der Waals surface area contributed by atoms with E-state index in [4.69, 9.17) is 14.6 Å². The molecule has 0 aliphatic carbocycles. The minimum Gasteiger partial charge on any atom is -0.497 e. The standard InChI is InChI=1S/C24H19F3N4O5/c1-35-15-6-8-17(9-7-15)36-16-4-2-14(3-5-16)19-12-20(24(25,26)27)31-22(30-19)18(13-29-31)23(34)28-11-10-21(32)33/h2-9,12-13H,10-11H2,1H3,(H,28,34)(H,32,33). The molecule has 4 aromatic rings. The fourth-order valence-corrected chi connectivity index (χ4v) is 3.32. The van der Waals surface area contributed by atoms with Gasteiger partial charge in [-0.1, -0.05) is 0 Å². The Bertz CT molecular complexity index is 1400. The molecule has 2 N–H and O–H groups in total. The number of ether oxygens (including phenoxy) is 2. The smallest absolute Gasteiger partial charge is 0.433 e. The number of carbonyl (C=O) groups excluding carboxylic acids is 1. The van der Waals surface area contributed by atoms with Gasteiger partial charge in [0.05, 0.1) is 25.4 Å². The predicted molar refractivity (Wildman–Crippen MR) is 121 cm³/mol. The minimum atomic E-state index is -4.78. The lowest BCUT2D eigenvalue weighted by molar-refractivity contribution is -0.142. The molecule has 0 aliphatic heterocycles. The number of benzene rings is 2. The molecule has 0 unspecified atom stereocenters. The van der Waals surface area contributed by atoms with Crippen LogP contribution in [0.5, 0.6) is 17.2 Å². The second kappa shape index (κ2) is 9.94. The number of nitrogens with one attached hydrogen (secondary N) is 1. The largest absolute Gasteiger partial charge is 0.497 e. The predicted octanol–water partition coefficient (Wildman–Crippen LogP) is 4.42. The van der Waals surface area contributed by atoms with Crippen LogP contribution in [-0.2, 0) is 11.0 Å². The highest BCUT2D eigenvalue weighted by molar-refractivity contribution is 6.00. The number of rotatable bonds is 8. The molecule has 2 aromatic carbocycles. The highest BCUT2D eigenvalue weighted by Crippen LogP contribution is 2.33. The number of fused-ring (bicyclic) bond motifs is 1. The molecule has 186 valence electrons. The van der Waals surface area contributed by atoms with Crippen LogP contribution in [0.25, 0.3) is 16.9 Å². The third-order valence-electron chi connectivity index (χ3n) is 5.08. The van der Waals surface area contributed by atoms with Crippen LogP contribution in [0.3, 0.4) is 0 Å². The van der Waals surface area contributed by atoms with Gasteiger partial charge in [-0.05, 0) is 54.6 Å². The molecule has 9 nitrogen and oxygen atoms in total. The second-order valence-electron chi connectivity index (χ2n) is 7.52. The quantitative estimate of drug-likeness (QED) is 0.368. The summed E-state index contributed by atoms with van der Waals surface area (Å²) in [5, 5.41) is 14.8. The van der Waals surface area contributed by atoms with Crippen molar-refractivity contribution in [2.45, 2.75) is 12.6 Å². The Labute approximate surface area is 202 Å². The van der Waals surface area contributed by atoms with Gasteiger partial charge in [0.2, 0.25) is 0 Å². The van der Waals surface area contributed by atoms with Crippen molar-refractivity contribution in [3.8, 4) is 28.5 Å². The third-order valence-corrected chi connectivity index (χ3v) is 5.08. The Kier molecular flexibility index (Phi) is 6.77. The van der Waals surface area contributed by atoms with Gasteiger partial charge < -0.3 is 19.9 Å². The van der Waals surface area contributed by atoms with Crippen molar-refractivity contribution >= 4 is 17.5 Å². The molecule has 0 saturated carbocycles. The van der Waals surface area contributed by atoms with Crippen LogP contribution < -0.4 is 14.8 Å². The highest BCUT2D eigenvalue weighted by Gasteiger charge is 2.36. The average molecular weight is 500 g/mol. The normalized spacial score (nSPS) is 11.3. The molecule has 36 heavy (non-hydrogen) atoms. The molecular weight excluding hydrogens is 481 g/mol. The summed E-state index contributed by atoms with van der Waals surface area (Å²) in [5.74, 6) is -0.264. The first kappa shape index (κ1) is 24.5. The van der Waals surface area contributed by atoms with Crippen LogP contribution in [0.4, 0.5) is 13.2 Å². The lowest BCUT2D eigenvalue weighted by Gasteiger charge is -2.12. The number of aliphatic carboxylic acids is 1. The van der Waals surface area contributed by atoms with Crippen molar-refractivity contribution in [1.82, 2.24) is 19.9 Å². The van der Waals surface area contributed by atoms with Gasteiger partial charge in [-0.25, -0.2) is 9.50 Å². The molecule has 0 saturated heterocycles. The SMILES string of the molecule is COc1ccc(Oc2ccc(-c3cc(C(F)(F)F)n4ncc(C(=O)NCCC(=O)O)c4n3)cc2)cc1. The number of hydrogen-bond donors (Lipinski definition) is 2. The van der Waals surface area contributed by atoms with Crippen molar-refractivity contribution in [2.75, 3.05) is 13.7 Å². The van der Waals surface area contributed by atoms with Crippen molar-refractivity contribution < 1.29 is 37.3 Å². The lowest BCUT2D eigenvalue weighted by atomic mass is 10.1. The number of nitrogens with zero attached hydrogens (tertiary/aromatic N) is 3. The summed E-state index contributed by atoms with van der Waals surface area (Å²) in [5.41, 5.74) is -1.33. The zero-order chi connectivity index (χ0) is 25.9. The van der Waals surface area contributed by atoms with Gasteiger partial charge in [-0.2, -0.15) is 18.3 Å². The van der Waals surface area contributed by atoms with Crippen molar-refractivity contribution in [3.05, 3.63) is 72.1 Å². The van der Waals surface area contributed by atoms with E-state index in [9.17, 15) is 22.8 Å². The summed E-state index contributed by atoms with van der Waals surface area (Å²) in [4.78, 5) is 27.4. The molecule has 0 fully saturated rings. The first-order chi connectivity index (χ1) is 17.2. The number of carboxylic acids is 1. The fraction of sp³-hybridized carbons (Fsp3) is 0.167. The van der Waals surface area contributed by atoms with Gasteiger partial charge in [-0.3, -0.25) is 9.59 Å². The summed E-state index contributed by atoms with van der Waals surface area (Å²) >= 11 is 0. The van der Waals surface area contributed by atoms with Gasteiger partial charge >= 0.3 is 12.1 Å². The van der Waals surface area contributed by atoms with Gasteiger partial charge in [0.25, 0.3) is 5.91 Å². The molecule has 2 aromatic heterocycles. The molecule has 4 rings (SSSR count). The number of halogens is 3. The van der Waals surface area contributed by atoms with Crippen LogP contribution in [-0.4, -0.2) is 45.2 Å². The summed E-state index contributed by atoms with van der Waals surface area (Å²) in [6.07, 6.45) is -4.16. The van der Waals surface area contributed by atoms with Crippen molar-refractivity contribution in [2.24, 2.45) is 0 Å². The van der Waals surface area contributed by atoms with Crippen LogP contribution in [0.2, 0.25) is 0 Å². The molecule has 1 amide bonds. The zero-order valence-corrected chi connectivity index (χ0v) is 18.7. The maximum absolute atomic E-state index is 13.8. The number of carboxylic acid groups (broad SMARTS) is 1. The zero-order valence-electron chi connectivity index (χ0n) is 18.7. The first-order valence-electron chi connectivity index (χ1n) is 10.5. The molecule has 0 bridgehead atoms. The monoisotopic (exact) mass is 500 g/mol. The molecule has 0 spiro atoms. The van der Waals surface area contributed by atoms with Crippen LogP contribution in [0.1, 0.15) is 22.5 Å².